The summed E-state index contributed by atoms with van der Waals surface area (Å²) in [5.74, 6) is -1.56. The molecule has 7 nitrogen and oxygen atoms in total. The Bertz CT molecular complexity index is 755. The number of likely N-dealkylation sites (N-methyl/N-ethyl adjacent to an activating group) is 1. The van der Waals surface area contributed by atoms with Gasteiger partial charge in [0.15, 0.2) is 0 Å². The lowest BCUT2D eigenvalue weighted by Crippen LogP contribution is -2.40. The maximum absolute atomic E-state index is 12.1. The number of rotatable bonds is 6. The van der Waals surface area contributed by atoms with E-state index in [0.717, 1.165) is 15.1 Å². The summed E-state index contributed by atoms with van der Waals surface area (Å²) in [4.78, 5) is 35.9. The zero-order valence-electron chi connectivity index (χ0n) is 12.7. The van der Waals surface area contributed by atoms with Gasteiger partial charge in [-0.3, -0.25) is 14.4 Å². The lowest BCUT2D eigenvalue weighted by molar-refractivity contribution is -0.144. The molecule has 0 radical (unpaired) electrons. The van der Waals surface area contributed by atoms with E-state index in [4.69, 9.17) is 5.11 Å². The van der Waals surface area contributed by atoms with Crippen molar-refractivity contribution >= 4 is 11.9 Å². The zero-order valence-corrected chi connectivity index (χ0v) is 12.7. The molecule has 0 saturated heterocycles. The molecule has 23 heavy (non-hydrogen) atoms. The third-order valence-electron chi connectivity index (χ3n) is 3.28. The fourth-order valence-electron chi connectivity index (χ4n) is 2.09. The molecule has 0 saturated carbocycles. The van der Waals surface area contributed by atoms with Gasteiger partial charge in [-0.15, -0.1) is 0 Å². The van der Waals surface area contributed by atoms with E-state index in [1.165, 1.54) is 6.07 Å². The van der Waals surface area contributed by atoms with E-state index < -0.39 is 24.0 Å². The number of hydrogen-bond donors (Lipinski definition) is 1. The molecule has 7 heteroatoms. The van der Waals surface area contributed by atoms with Gasteiger partial charge in [0.25, 0.3) is 5.56 Å². The summed E-state index contributed by atoms with van der Waals surface area (Å²) in [5.41, 5.74) is 0.982. The molecule has 0 aliphatic carbocycles. The number of hydrogen-bond acceptors (Lipinski definition) is 4. The molecular formula is C16H17N3O4. The normalized spacial score (nSPS) is 10.3. The summed E-state index contributed by atoms with van der Waals surface area (Å²) in [6.45, 7) is 1.23. The minimum absolute atomic E-state index is 0.248. The molecule has 1 amide bonds. The fraction of sp³-hybridized carbons (Fsp3) is 0.250. The molecule has 0 unspecified atom stereocenters. The quantitative estimate of drug-likeness (QED) is 0.853. The van der Waals surface area contributed by atoms with Crippen LogP contribution < -0.4 is 5.56 Å². The van der Waals surface area contributed by atoms with Crippen LogP contribution >= 0.6 is 0 Å². The molecule has 2 aromatic rings. The van der Waals surface area contributed by atoms with Crippen molar-refractivity contribution in [2.75, 3.05) is 13.1 Å². The first-order valence-electron chi connectivity index (χ1n) is 7.14. The molecule has 0 aliphatic rings. The number of amides is 1. The number of carboxylic acid groups (broad SMARTS) is 1. The largest absolute Gasteiger partial charge is 0.480 e. The predicted octanol–water partition coefficient (Wildman–Crippen LogP) is 0.843. The minimum Gasteiger partial charge on any atom is -0.480 e. The molecule has 0 aliphatic heterocycles. The van der Waals surface area contributed by atoms with Gasteiger partial charge < -0.3 is 10.0 Å². The van der Waals surface area contributed by atoms with Crippen molar-refractivity contribution in [1.82, 2.24) is 14.7 Å². The smallest absolute Gasteiger partial charge is 0.323 e. The van der Waals surface area contributed by atoms with Crippen LogP contribution in [0.3, 0.4) is 0 Å². The highest BCUT2D eigenvalue weighted by atomic mass is 16.4. The molecule has 2 rings (SSSR count). The zero-order chi connectivity index (χ0) is 16.8. The maximum atomic E-state index is 12.1. The molecule has 1 aromatic heterocycles. The van der Waals surface area contributed by atoms with Crippen LogP contribution in [0.5, 0.6) is 0 Å². The van der Waals surface area contributed by atoms with Crippen LogP contribution in [0.1, 0.15) is 6.92 Å². The number of carbonyl (C=O) groups excluding carboxylic acids is 1. The van der Waals surface area contributed by atoms with E-state index in [0.29, 0.717) is 5.69 Å². The average molecular weight is 315 g/mol. The number of nitrogens with zero attached hydrogens (tertiary/aromatic N) is 3. The molecule has 120 valence electrons. The van der Waals surface area contributed by atoms with Gasteiger partial charge in [-0.2, -0.15) is 5.10 Å². The first-order valence-corrected chi connectivity index (χ1v) is 7.14. The summed E-state index contributed by atoms with van der Waals surface area (Å²) in [7, 11) is 0. The number of carboxylic acids is 1. The van der Waals surface area contributed by atoms with Crippen molar-refractivity contribution in [3.8, 4) is 11.3 Å². The topological polar surface area (TPSA) is 92.5 Å². The van der Waals surface area contributed by atoms with Crippen molar-refractivity contribution in [2.45, 2.75) is 13.5 Å². The summed E-state index contributed by atoms with van der Waals surface area (Å²) in [6, 6.07) is 12.2. The number of aliphatic carboxylic acids is 1. The highest BCUT2D eigenvalue weighted by Gasteiger charge is 2.16. The first-order chi connectivity index (χ1) is 11.0. The fourth-order valence-corrected chi connectivity index (χ4v) is 2.09. The van der Waals surface area contributed by atoms with E-state index in [1.54, 1.807) is 13.0 Å². The van der Waals surface area contributed by atoms with Crippen LogP contribution in [-0.2, 0) is 16.1 Å². The summed E-state index contributed by atoms with van der Waals surface area (Å²) < 4.78 is 1.05. The monoisotopic (exact) mass is 315 g/mol. The second kappa shape index (κ2) is 7.35. The Morgan fingerprint density at radius 2 is 1.87 bits per heavy atom. The predicted molar refractivity (Wildman–Crippen MR) is 83.8 cm³/mol. The molecule has 1 N–H and O–H groups in total. The Kier molecular flexibility index (Phi) is 5.24. The number of carbonyl (C=O) groups is 2. The van der Waals surface area contributed by atoms with Crippen molar-refractivity contribution < 1.29 is 14.7 Å². The summed E-state index contributed by atoms with van der Waals surface area (Å²) in [6.07, 6.45) is 0. The maximum Gasteiger partial charge on any atom is 0.323 e. The highest BCUT2D eigenvalue weighted by Crippen LogP contribution is 2.13. The second-order valence-corrected chi connectivity index (χ2v) is 4.88. The molecular weight excluding hydrogens is 298 g/mol. The summed E-state index contributed by atoms with van der Waals surface area (Å²) >= 11 is 0. The summed E-state index contributed by atoms with van der Waals surface area (Å²) in [5, 5.41) is 13.0. The van der Waals surface area contributed by atoms with Gasteiger partial charge >= 0.3 is 5.97 Å². The van der Waals surface area contributed by atoms with Crippen LogP contribution in [0.25, 0.3) is 11.3 Å². The minimum atomic E-state index is -1.10. The van der Waals surface area contributed by atoms with Gasteiger partial charge in [0.1, 0.15) is 13.1 Å². The van der Waals surface area contributed by atoms with E-state index in [-0.39, 0.29) is 13.1 Å². The Morgan fingerprint density at radius 3 is 2.48 bits per heavy atom. The van der Waals surface area contributed by atoms with Gasteiger partial charge in [0.2, 0.25) is 5.91 Å². The molecule has 1 heterocycles. The van der Waals surface area contributed by atoms with Gasteiger partial charge in [-0.1, -0.05) is 30.3 Å². The number of aromatic nitrogens is 2. The third-order valence-corrected chi connectivity index (χ3v) is 3.28. The third kappa shape index (κ3) is 4.26. The Morgan fingerprint density at radius 1 is 1.17 bits per heavy atom. The van der Waals surface area contributed by atoms with Gasteiger partial charge in [-0.05, 0) is 13.0 Å². The Hall–Kier alpha value is -2.96. The molecule has 0 atom stereocenters. The van der Waals surface area contributed by atoms with Gasteiger partial charge in [-0.25, -0.2) is 4.68 Å². The van der Waals surface area contributed by atoms with Crippen LogP contribution in [0, 0.1) is 0 Å². The Balaban J connectivity index is 2.24. The lowest BCUT2D eigenvalue weighted by atomic mass is 10.1. The van der Waals surface area contributed by atoms with Gasteiger partial charge in [0, 0.05) is 18.2 Å². The van der Waals surface area contributed by atoms with Crippen LogP contribution in [-0.4, -0.2) is 44.8 Å². The average Bonchev–Trinajstić information content (AvgIpc) is 2.55. The van der Waals surface area contributed by atoms with E-state index in [9.17, 15) is 14.4 Å². The second-order valence-electron chi connectivity index (χ2n) is 4.88. The van der Waals surface area contributed by atoms with Crippen molar-refractivity contribution in [1.29, 1.82) is 0 Å². The molecule has 0 fully saturated rings. The van der Waals surface area contributed by atoms with Crippen molar-refractivity contribution in [3.05, 3.63) is 52.8 Å². The molecule has 0 spiro atoms. The van der Waals surface area contributed by atoms with E-state index in [1.807, 2.05) is 30.3 Å². The van der Waals surface area contributed by atoms with Crippen LogP contribution in [0.2, 0.25) is 0 Å². The van der Waals surface area contributed by atoms with Crippen molar-refractivity contribution in [2.24, 2.45) is 0 Å². The molecule has 1 aromatic carbocycles. The van der Waals surface area contributed by atoms with Gasteiger partial charge in [0.05, 0.1) is 5.69 Å². The standard InChI is InChI=1S/C16H17N3O4/c1-2-18(11-16(22)23)15(21)10-19-14(20)9-8-13(17-19)12-6-4-3-5-7-12/h3-9H,2,10-11H2,1H3,(H,22,23). The molecule has 0 bridgehead atoms. The van der Waals surface area contributed by atoms with E-state index >= 15 is 0 Å². The first kappa shape index (κ1) is 16.4. The SMILES string of the molecule is CCN(CC(=O)O)C(=O)Cn1nc(-c2ccccc2)ccc1=O. The highest BCUT2D eigenvalue weighted by molar-refractivity contribution is 5.81. The number of benzene rings is 1. The Labute approximate surface area is 132 Å². The van der Waals surface area contributed by atoms with Crippen LogP contribution in [0.15, 0.2) is 47.3 Å². The van der Waals surface area contributed by atoms with Crippen molar-refractivity contribution in [3.63, 3.8) is 0 Å². The van der Waals surface area contributed by atoms with Crippen LogP contribution in [0.4, 0.5) is 0 Å². The van der Waals surface area contributed by atoms with E-state index in [2.05, 4.69) is 5.10 Å². The lowest BCUT2D eigenvalue weighted by Gasteiger charge is -2.18.